The van der Waals surface area contributed by atoms with Gasteiger partial charge in [0.1, 0.15) is 12.7 Å². The average Bonchev–Trinajstić information content (AvgIpc) is 2.16. The second kappa shape index (κ2) is 4.55. The number of carbonyl (C=O) groups excluding carboxylic acids is 1. The minimum atomic E-state index is 0.0417. The molecule has 0 radical (unpaired) electrons. The predicted octanol–water partition coefficient (Wildman–Crippen LogP) is 1.59. The van der Waals surface area contributed by atoms with E-state index in [4.69, 9.17) is 9.47 Å². The minimum absolute atomic E-state index is 0.0417. The van der Waals surface area contributed by atoms with Gasteiger partial charge in [-0.05, 0) is 12.5 Å². The van der Waals surface area contributed by atoms with Crippen LogP contribution in [0.5, 0.6) is 0 Å². The van der Waals surface area contributed by atoms with Crippen LogP contribution in [0.4, 0.5) is 0 Å². The van der Waals surface area contributed by atoms with E-state index in [1.165, 1.54) is 0 Å². The standard InChI is InChI=1S/C12H14O3/c1-9-4-2-3-5-11(9)12(13)8-15-10-6-14-7-10/h2-5,10H,6-8H2,1H3. The van der Waals surface area contributed by atoms with Crippen molar-refractivity contribution in [2.75, 3.05) is 19.8 Å². The molecule has 1 aromatic rings. The second-order valence-corrected chi connectivity index (χ2v) is 3.71. The molecule has 1 aliphatic rings. The van der Waals surface area contributed by atoms with Crippen LogP contribution in [0.25, 0.3) is 0 Å². The molecule has 0 atom stereocenters. The Morgan fingerprint density at radius 3 is 2.80 bits per heavy atom. The molecule has 80 valence electrons. The molecule has 0 saturated carbocycles. The number of hydrogen-bond donors (Lipinski definition) is 0. The number of benzene rings is 1. The van der Waals surface area contributed by atoms with Crippen LogP contribution >= 0.6 is 0 Å². The summed E-state index contributed by atoms with van der Waals surface area (Å²) in [6.45, 7) is 3.31. The molecular formula is C12H14O3. The van der Waals surface area contributed by atoms with Gasteiger partial charge in [-0.3, -0.25) is 4.79 Å². The van der Waals surface area contributed by atoms with E-state index in [-0.39, 0.29) is 18.5 Å². The van der Waals surface area contributed by atoms with Gasteiger partial charge in [0.05, 0.1) is 13.2 Å². The highest BCUT2D eigenvalue weighted by atomic mass is 16.6. The van der Waals surface area contributed by atoms with Crippen molar-refractivity contribution in [3.05, 3.63) is 35.4 Å². The zero-order valence-corrected chi connectivity index (χ0v) is 8.73. The van der Waals surface area contributed by atoms with Crippen LogP contribution in [0.3, 0.4) is 0 Å². The molecule has 0 spiro atoms. The van der Waals surface area contributed by atoms with Crippen molar-refractivity contribution < 1.29 is 14.3 Å². The normalized spacial score (nSPS) is 16.1. The smallest absolute Gasteiger partial charge is 0.188 e. The molecule has 1 heterocycles. The van der Waals surface area contributed by atoms with Gasteiger partial charge in [0.15, 0.2) is 5.78 Å². The first-order valence-corrected chi connectivity index (χ1v) is 5.05. The summed E-state index contributed by atoms with van der Waals surface area (Å²) in [6, 6.07) is 7.55. The van der Waals surface area contributed by atoms with Crippen molar-refractivity contribution in [1.29, 1.82) is 0 Å². The van der Waals surface area contributed by atoms with Crippen LogP contribution in [0.1, 0.15) is 15.9 Å². The largest absolute Gasteiger partial charge is 0.376 e. The van der Waals surface area contributed by atoms with Crippen molar-refractivity contribution in [2.45, 2.75) is 13.0 Å². The highest BCUT2D eigenvalue weighted by molar-refractivity contribution is 5.98. The number of rotatable bonds is 4. The Kier molecular flexibility index (Phi) is 3.14. The number of ketones is 1. The molecule has 0 aliphatic carbocycles. The van der Waals surface area contributed by atoms with Gasteiger partial charge < -0.3 is 9.47 Å². The van der Waals surface area contributed by atoms with Crippen LogP contribution < -0.4 is 0 Å². The van der Waals surface area contributed by atoms with Gasteiger partial charge in [-0.1, -0.05) is 24.3 Å². The summed E-state index contributed by atoms with van der Waals surface area (Å²) >= 11 is 0. The van der Waals surface area contributed by atoms with Gasteiger partial charge in [0, 0.05) is 5.56 Å². The fraction of sp³-hybridized carbons (Fsp3) is 0.417. The number of Topliss-reactive ketones (excluding diaryl/α,β-unsaturated/α-hetero) is 1. The first kappa shape index (κ1) is 10.3. The van der Waals surface area contributed by atoms with Crippen LogP contribution in [0.15, 0.2) is 24.3 Å². The molecule has 0 unspecified atom stereocenters. The summed E-state index contributed by atoms with van der Waals surface area (Å²) < 4.78 is 10.3. The first-order chi connectivity index (χ1) is 7.27. The molecule has 15 heavy (non-hydrogen) atoms. The summed E-state index contributed by atoms with van der Waals surface area (Å²) in [4.78, 5) is 11.7. The molecule has 1 aromatic carbocycles. The molecular weight excluding hydrogens is 192 g/mol. The van der Waals surface area contributed by atoms with Gasteiger partial charge in [-0.15, -0.1) is 0 Å². The second-order valence-electron chi connectivity index (χ2n) is 3.71. The Morgan fingerprint density at radius 2 is 2.20 bits per heavy atom. The maximum absolute atomic E-state index is 11.7. The van der Waals surface area contributed by atoms with E-state index in [1.54, 1.807) is 0 Å². The molecule has 3 heteroatoms. The Balaban J connectivity index is 1.92. The summed E-state index contributed by atoms with van der Waals surface area (Å²) in [5.41, 5.74) is 1.74. The topological polar surface area (TPSA) is 35.5 Å². The van der Waals surface area contributed by atoms with Gasteiger partial charge in [0.25, 0.3) is 0 Å². The van der Waals surface area contributed by atoms with Crippen molar-refractivity contribution in [3.8, 4) is 0 Å². The fourth-order valence-corrected chi connectivity index (χ4v) is 1.47. The lowest BCUT2D eigenvalue weighted by Gasteiger charge is -2.25. The number of carbonyl (C=O) groups is 1. The molecule has 2 rings (SSSR count). The molecule has 0 aromatic heterocycles. The number of hydrogen-bond acceptors (Lipinski definition) is 3. The Morgan fingerprint density at radius 1 is 1.47 bits per heavy atom. The summed E-state index contributed by atoms with van der Waals surface area (Å²) in [6.07, 6.45) is 0.109. The number of aryl methyl sites for hydroxylation is 1. The third-order valence-corrected chi connectivity index (χ3v) is 2.50. The monoisotopic (exact) mass is 206 g/mol. The van der Waals surface area contributed by atoms with E-state index >= 15 is 0 Å². The zero-order chi connectivity index (χ0) is 10.7. The van der Waals surface area contributed by atoms with Crippen LogP contribution in [0.2, 0.25) is 0 Å². The lowest BCUT2D eigenvalue weighted by molar-refractivity contribution is -0.123. The third-order valence-electron chi connectivity index (χ3n) is 2.50. The molecule has 0 N–H and O–H groups in total. The Hall–Kier alpha value is -1.19. The van der Waals surface area contributed by atoms with E-state index in [9.17, 15) is 4.79 Å². The fourth-order valence-electron chi connectivity index (χ4n) is 1.47. The first-order valence-electron chi connectivity index (χ1n) is 5.05. The Labute approximate surface area is 89.0 Å². The summed E-state index contributed by atoms with van der Waals surface area (Å²) in [5, 5.41) is 0. The van der Waals surface area contributed by atoms with Crippen molar-refractivity contribution in [2.24, 2.45) is 0 Å². The van der Waals surface area contributed by atoms with Crippen molar-refractivity contribution >= 4 is 5.78 Å². The molecule has 1 fully saturated rings. The quantitative estimate of drug-likeness (QED) is 0.702. The summed E-state index contributed by atoms with van der Waals surface area (Å²) in [5.74, 6) is 0.0417. The van der Waals surface area contributed by atoms with E-state index in [0.717, 1.165) is 11.1 Å². The SMILES string of the molecule is Cc1ccccc1C(=O)COC1COC1. The van der Waals surface area contributed by atoms with Crippen LogP contribution in [-0.2, 0) is 9.47 Å². The van der Waals surface area contributed by atoms with E-state index < -0.39 is 0 Å². The molecule has 3 nitrogen and oxygen atoms in total. The molecule has 1 saturated heterocycles. The van der Waals surface area contributed by atoms with Crippen molar-refractivity contribution in [3.63, 3.8) is 0 Å². The highest BCUT2D eigenvalue weighted by Gasteiger charge is 2.20. The van der Waals surface area contributed by atoms with Gasteiger partial charge >= 0.3 is 0 Å². The lowest BCUT2D eigenvalue weighted by atomic mass is 10.1. The van der Waals surface area contributed by atoms with Crippen LogP contribution in [0, 0.1) is 6.92 Å². The van der Waals surface area contributed by atoms with E-state index in [0.29, 0.717) is 13.2 Å². The Bertz CT molecular complexity index is 356. The maximum atomic E-state index is 11.7. The van der Waals surface area contributed by atoms with Crippen molar-refractivity contribution in [1.82, 2.24) is 0 Å². The number of ether oxygens (including phenoxy) is 2. The molecule has 0 bridgehead atoms. The molecule has 1 aliphatic heterocycles. The van der Waals surface area contributed by atoms with Crippen LogP contribution in [-0.4, -0.2) is 31.7 Å². The highest BCUT2D eigenvalue weighted by Crippen LogP contribution is 2.10. The average molecular weight is 206 g/mol. The van der Waals surface area contributed by atoms with E-state index in [2.05, 4.69) is 0 Å². The predicted molar refractivity (Wildman–Crippen MR) is 56.1 cm³/mol. The minimum Gasteiger partial charge on any atom is -0.376 e. The zero-order valence-electron chi connectivity index (χ0n) is 8.73. The van der Waals surface area contributed by atoms with Gasteiger partial charge in [0.2, 0.25) is 0 Å². The van der Waals surface area contributed by atoms with E-state index in [1.807, 2.05) is 31.2 Å². The lowest BCUT2D eigenvalue weighted by Crippen LogP contribution is -2.37. The van der Waals surface area contributed by atoms with Gasteiger partial charge in [-0.25, -0.2) is 0 Å². The summed E-state index contributed by atoms with van der Waals surface area (Å²) in [7, 11) is 0. The van der Waals surface area contributed by atoms with Gasteiger partial charge in [-0.2, -0.15) is 0 Å². The third kappa shape index (κ3) is 2.43. The maximum Gasteiger partial charge on any atom is 0.188 e. The molecule has 0 amide bonds.